The zero-order valence-electron chi connectivity index (χ0n) is 13.3. The molecule has 0 saturated carbocycles. The first-order chi connectivity index (χ1) is 10.2. The Morgan fingerprint density at radius 3 is 2.32 bits per heavy atom. The summed E-state index contributed by atoms with van der Waals surface area (Å²) in [5.41, 5.74) is 0.312. The van der Waals surface area contributed by atoms with Crippen LogP contribution < -0.4 is 5.32 Å². The number of hydrogen-bond donors (Lipinski definition) is 2. The summed E-state index contributed by atoms with van der Waals surface area (Å²) in [6.07, 6.45) is -1.48. The highest BCUT2D eigenvalue weighted by Gasteiger charge is 2.30. The highest BCUT2D eigenvalue weighted by molar-refractivity contribution is 5.80. The van der Waals surface area contributed by atoms with E-state index in [1.165, 1.54) is 0 Å². The number of aliphatic carboxylic acids is 1. The summed E-state index contributed by atoms with van der Waals surface area (Å²) in [4.78, 5) is 23.0. The van der Waals surface area contributed by atoms with Gasteiger partial charge in [0.05, 0.1) is 11.7 Å². The van der Waals surface area contributed by atoms with Crippen molar-refractivity contribution in [1.29, 1.82) is 0 Å². The molecule has 2 N–H and O–H groups in total. The Morgan fingerprint density at radius 1 is 1.23 bits per heavy atom. The van der Waals surface area contributed by atoms with Gasteiger partial charge in [-0.25, -0.2) is 9.59 Å². The van der Waals surface area contributed by atoms with Gasteiger partial charge in [-0.15, -0.1) is 0 Å². The van der Waals surface area contributed by atoms with Crippen LogP contribution in [0.4, 0.5) is 4.79 Å². The van der Waals surface area contributed by atoms with Crippen molar-refractivity contribution in [2.24, 2.45) is 0 Å². The Morgan fingerprint density at radius 2 is 1.82 bits per heavy atom. The molecule has 1 unspecified atom stereocenters. The predicted molar refractivity (Wildman–Crippen MR) is 81.5 cm³/mol. The predicted octanol–water partition coefficient (Wildman–Crippen LogP) is 2.57. The fourth-order valence-corrected chi connectivity index (χ4v) is 1.90. The molecule has 0 aliphatic rings. The third kappa shape index (κ3) is 6.58. The van der Waals surface area contributed by atoms with Crippen LogP contribution in [-0.2, 0) is 20.9 Å². The summed E-state index contributed by atoms with van der Waals surface area (Å²) in [6.45, 7) is 7.12. The molecule has 2 atom stereocenters. The second kappa shape index (κ2) is 7.79. The number of carboxylic acid groups (broad SMARTS) is 1. The average molecular weight is 309 g/mol. The summed E-state index contributed by atoms with van der Waals surface area (Å²) in [5.74, 6) is -1.17. The molecule has 6 heteroatoms. The Bertz CT molecular complexity index is 495. The summed E-state index contributed by atoms with van der Waals surface area (Å²) < 4.78 is 10.6. The smallest absolute Gasteiger partial charge is 0.408 e. The van der Waals surface area contributed by atoms with Gasteiger partial charge in [-0.05, 0) is 33.3 Å². The van der Waals surface area contributed by atoms with Crippen molar-refractivity contribution in [2.75, 3.05) is 0 Å². The summed E-state index contributed by atoms with van der Waals surface area (Å²) in [5, 5.41) is 11.5. The maximum atomic E-state index is 11.7. The summed E-state index contributed by atoms with van der Waals surface area (Å²) >= 11 is 0. The average Bonchev–Trinajstić information content (AvgIpc) is 2.41. The molecule has 1 amide bonds. The van der Waals surface area contributed by atoms with Crippen molar-refractivity contribution < 1.29 is 24.2 Å². The van der Waals surface area contributed by atoms with Crippen LogP contribution in [0, 0.1) is 0 Å². The molecular weight excluding hydrogens is 286 g/mol. The second-order valence-corrected chi connectivity index (χ2v) is 5.96. The molecule has 0 aromatic heterocycles. The molecule has 1 aromatic carbocycles. The van der Waals surface area contributed by atoms with Crippen LogP contribution in [-0.4, -0.2) is 34.9 Å². The van der Waals surface area contributed by atoms with Crippen LogP contribution in [0.15, 0.2) is 30.3 Å². The van der Waals surface area contributed by atoms with E-state index in [1.54, 1.807) is 6.92 Å². The van der Waals surface area contributed by atoms with Gasteiger partial charge >= 0.3 is 12.1 Å². The molecule has 22 heavy (non-hydrogen) atoms. The quantitative estimate of drug-likeness (QED) is 0.843. The maximum Gasteiger partial charge on any atom is 0.408 e. The molecule has 0 saturated heterocycles. The topological polar surface area (TPSA) is 84.9 Å². The minimum atomic E-state index is -1.18. The highest BCUT2D eigenvalue weighted by atomic mass is 16.6. The Kier molecular flexibility index (Phi) is 6.37. The highest BCUT2D eigenvalue weighted by Crippen LogP contribution is 2.13. The van der Waals surface area contributed by atoms with Crippen LogP contribution >= 0.6 is 0 Å². The lowest BCUT2D eigenvalue weighted by molar-refractivity contribution is -0.147. The molecular formula is C16H23NO5. The number of carbonyl (C=O) groups is 2. The van der Waals surface area contributed by atoms with E-state index in [4.69, 9.17) is 9.47 Å². The number of alkyl carbamates (subject to hydrolysis) is 1. The minimum Gasteiger partial charge on any atom is -0.480 e. The zero-order chi connectivity index (χ0) is 16.8. The van der Waals surface area contributed by atoms with Gasteiger partial charge < -0.3 is 19.9 Å². The number of rotatable bonds is 6. The van der Waals surface area contributed by atoms with Gasteiger partial charge in [0.15, 0.2) is 6.04 Å². The Labute approximate surface area is 130 Å². The standard InChI is InChI=1S/C16H23NO5/c1-11(22-16(2,3)4)13(14(18)19)17-15(20)21-10-12-8-6-5-7-9-12/h5-9,11,13H,10H2,1-4H3,(H,17,20)(H,18,19)/t11?,13-/m1/s1. The summed E-state index contributed by atoms with van der Waals surface area (Å²) in [7, 11) is 0. The zero-order valence-corrected chi connectivity index (χ0v) is 13.3. The molecule has 0 spiro atoms. The molecule has 0 radical (unpaired) electrons. The van der Waals surface area contributed by atoms with E-state index in [0.717, 1.165) is 5.56 Å². The lowest BCUT2D eigenvalue weighted by Gasteiger charge is -2.29. The molecule has 0 aliphatic carbocycles. The van der Waals surface area contributed by atoms with E-state index in [9.17, 15) is 14.7 Å². The van der Waals surface area contributed by atoms with E-state index in [1.807, 2.05) is 51.1 Å². The molecule has 0 fully saturated rings. The molecule has 6 nitrogen and oxygen atoms in total. The first-order valence-electron chi connectivity index (χ1n) is 7.07. The molecule has 0 bridgehead atoms. The molecule has 0 aliphatic heterocycles. The van der Waals surface area contributed by atoms with Crippen molar-refractivity contribution in [3.63, 3.8) is 0 Å². The lowest BCUT2D eigenvalue weighted by atomic mass is 10.1. The van der Waals surface area contributed by atoms with Crippen LogP contribution in [0.25, 0.3) is 0 Å². The van der Waals surface area contributed by atoms with Crippen molar-refractivity contribution >= 4 is 12.1 Å². The van der Waals surface area contributed by atoms with Crippen LogP contribution in [0.1, 0.15) is 33.3 Å². The number of benzene rings is 1. The van der Waals surface area contributed by atoms with E-state index >= 15 is 0 Å². The van der Waals surface area contributed by atoms with E-state index < -0.39 is 29.8 Å². The van der Waals surface area contributed by atoms with Crippen molar-refractivity contribution in [3.8, 4) is 0 Å². The van der Waals surface area contributed by atoms with Crippen LogP contribution in [0.3, 0.4) is 0 Å². The van der Waals surface area contributed by atoms with Gasteiger partial charge in [-0.3, -0.25) is 0 Å². The van der Waals surface area contributed by atoms with Gasteiger partial charge in [-0.1, -0.05) is 30.3 Å². The number of ether oxygens (including phenoxy) is 2. The maximum absolute atomic E-state index is 11.7. The van der Waals surface area contributed by atoms with Crippen molar-refractivity contribution in [2.45, 2.75) is 52.0 Å². The first-order valence-corrected chi connectivity index (χ1v) is 7.07. The van der Waals surface area contributed by atoms with Gasteiger partial charge in [0, 0.05) is 0 Å². The van der Waals surface area contributed by atoms with Gasteiger partial charge in [0.2, 0.25) is 0 Å². The number of nitrogens with one attached hydrogen (secondary N) is 1. The molecule has 122 valence electrons. The number of carbonyl (C=O) groups excluding carboxylic acids is 1. The normalized spacial score (nSPS) is 14.0. The fourth-order valence-electron chi connectivity index (χ4n) is 1.90. The number of carboxylic acids is 1. The monoisotopic (exact) mass is 309 g/mol. The largest absolute Gasteiger partial charge is 0.480 e. The number of amides is 1. The SMILES string of the molecule is CC(OC(C)(C)C)[C@@H](NC(=O)OCc1ccccc1)C(=O)O. The molecule has 1 aromatic rings. The third-order valence-electron chi connectivity index (χ3n) is 2.76. The van der Waals surface area contributed by atoms with Gasteiger partial charge in [0.25, 0.3) is 0 Å². The summed E-state index contributed by atoms with van der Waals surface area (Å²) in [6, 6.07) is 7.96. The fraction of sp³-hybridized carbons (Fsp3) is 0.500. The lowest BCUT2D eigenvalue weighted by Crippen LogP contribution is -2.50. The Balaban J connectivity index is 2.55. The van der Waals surface area contributed by atoms with Crippen LogP contribution in [0.2, 0.25) is 0 Å². The van der Waals surface area contributed by atoms with Crippen molar-refractivity contribution in [3.05, 3.63) is 35.9 Å². The van der Waals surface area contributed by atoms with Crippen LogP contribution in [0.5, 0.6) is 0 Å². The number of hydrogen-bond acceptors (Lipinski definition) is 4. The first kappa shape index (κ1) is 18.0. The molecule has 0 heterocycles. The van der Waals surface area contributed by atoms with Gasteiger partial charge in [0.1, 0.15) is 6.61 Å². The van der Waals surface area contributed by atoms with Gasteiger partial charge in [-0.2, -0.15) is 0 Å². The van der Waals surface area contributed by atoms with E-state index in [0.29, 0.717) is 0 Å². The Hall–Kier alpha value is -2.08. The van der Waals surface area contributed by atoms with E-state index in [2.05, 4.69) is 5.32 Å². The molecule has 1 rings (SSSR count). The van der Waals surface area contributed by atoms with Crippen molar-refractivity contribution in [1.82, 2.24) is 5.32 Å². The van der Waals surface area contributed by atoms with E-state index in [-0.39, 0.29) is 6.61 Å². The second-order valence-electron chi connectivity index (χ2n) is 5.96. The third-order valence-corrected chi connectivity index (χ3v) is 2.76. The minimum absolute atomic E-state index is 0.0769.